The summed E-state index contributed by atoms with van der Waals surface area (Å²) in [6.07, 6.45) is 2.74. The summed E-state index contributed by atoms with van der Waals surface area (Å²) in [6.45, 7) is -0.149. The Hall–Kier alpha value is -3.58. The summed E-state index contributed by atoms with van der Waals surface area (Å²) in [7, 11) is -4.17. The van der Waals surface area contributed by atoms with Crippen molar-refractivity contribution in [1.29, 1.82) is 5.26 Å². The van der Waals surface area contributed by atoms with Crippen LogP contribution in [0.5, 0.6) is 0 Å². The Kier molecular flexibility index (Phi) is 6.24. The first-order valence-electron chi connectivity index (χ1n) is 9.84. The van der Waals surface area contributed by atoms with Crippen molar-refractivity contribution in [2.24, 2.45) is 0 Å². The molecule has 33 heavy (non-hydrogen) atoms. The normalized spacial score (nSPS) is 16.3. The second-order valence-electron chi connectivity index (χ2n) is 7.31. The number of benzene rings is 2. The minimum atomic E-state index is -4.17. The molecule has 1 unspecified atom stereocenters. The van der Waals surface area contributed by atoms with Crippen LogP contribution in [0, 0.1) is 11.3 Å². The quantitative estimate of drug-likeness (QED) is 0.501. The molecular formula is C23H17ClN4O4S. The molecule has 0 saturated carbocycles. The van der Waals surface area contributed by atoms with Crippen molar-refractivity contribution < 1.29 is 18.0 Å². The molecule has 0 radical (unpaired) electrons. The molecule has 4 rings (SSSR count). The summed E-state index contributed by atoms with van der Waals surface area (Å²) in [5.74, 6) is -1.19. The Morgan fingerprint density at radius 2 is 1.79 bits per heavy atom. The van der Waals surface area contributed by atoms with Crippen LogP contribution >= 0.6 is 11.6 Å². The Bertz CT molecular complexity index is 1340. The minimum Gasteiger partial charge on any atom is -0.274 e. The van der Waals surface area contributed by atoms with Gasteiger partial charge in [-0.25, -0.2) is 13.3 Å². The molecule has 3 aromatic rings. The molecule has 166 valence electrons. The van der Waals surface area contributed by atoms with Crippen molar-refractivity contribution in [3.63, 3.8) is 0 Å². The molecule has 0 aliphatic carbocycles. The van der Waals surface area contributed by atoms with Gasteiger partial charge in [-0.1, -0.05) is 17.7 Å². The maximum absolute atomic E-state index is 13.6. The van der Waals surface area contributed by atoms with Gasteiger partial charge in [-0.15, -0.1) is 0 Å². The molecule has 1 saturated heterocycles. The van der Waals surface area contributed by atoms with Gasteiger partial charge < -0.3 is 0 Å². The maximum atomic E-state index is 13.6. The molecule has 8 nitrogen and oxygen atoms in total. The van der Waals surface area contributed by atoms with E-state index in [9.17, 15) is 18.0 Å². The maximum Gasteiger partial charge on any atom is 0.252 e. The third-order valence-corrected chi connectivity index (χ3v) is 7.33. The summed E-state index contributed by atoms with van der Waals surface area (Å²) in [5.41, 5.74) is 1.21. The molecule has 0 bridgehead atoms. The van der Waals surface area contributed by atoms with E-state index in [1.807, 2.05) is 6.07 Å². The van der Waals surface area contributed by atoms with Crippen molar-refractivity contribution in [2.75, 3.05) is 4.90 Å². The van der Waals surface area contributed by atoms with Crippen molar-refractivity contribution >= 4 is 39.1 Å². The van der Waals surface area contributed by atoms with E-state index in [0.29, 0.717) is 16.1 Å². The standard InChI is InChI=1S/C23H17ClN4O4S/c24-18-5-9-20(10-6-18)33(31,32)27(15-17-2-1-11-26-14-17)21-12-22(29)28(23(21)30)19-7-3-16(13-25)4-8-19/h1-11,14,21H,12,15H2. The van der Waals surface area contributed by atoms with Gasteiger partial charge in [-0.2, -0.15) is 9.57 Å². The number of hydrogen-bond donors (Lipinski definition) is 0. The molecular weight excluding hydrogens is 464 g/mol. The third-order valence-electron chi connectivity index (χ3n) is 5.21. The lowest BCUT2D eigenvalue weighted by Gasteiger charge is -2.27. The van der Waals surface area contributed by atoms with E-state index in [1.54, 1.807) is 18.3 Å². The van der Waals surface area contributed by atoms with Crippen LogP contribution in [0.15, 0.2) is 78.0 Å². The molecule has 1 aliphatic rings. The second kappa shape index (κ2) is 9.11. The first-order valence-corrected chi connectivity index (χ1v) is 11.7. The van der Waals surface area contributed by atoms with E-state index in [2.05, 4.69) is 4.98 Å². The number of aromatic nitrogens is 1. The van der Waals surface area contributed by atoms with Crippen molar-refractivity contribution in [1.82, 2.24) is 9.29 Å². The third kappa shape index (κ3) is 4.50. The molecule has 2 amide bonds. The molecule has 2 heterocycles. The highest BCUT2D eigenvalue weighted by atomic mass is 35.5. The molecule has 1 aromatic heterocycles. The summed E-state index contributed by atoms with van der Waals surface area (Å²) in [4.78, 5) is 31.1. The number of sulfonamides is 1. The van der Waals surface area contributed by atoms with Crippen molar-refractivity contribution in [2.45, 2.75) is 23.9 Å². The summed E-state index contributed by atoms with van der Waals surface area (Å²) in [6, 6.07) is 15.6. The van der Waals surface area contributed by atoms with Crippen molar-refractivity contribution in [3.8, 4) is 6.07 Å². The lowest BCUT2D eigenvalue weighted by Crippen LogP contribution is -2.45. The lowest BCUT2D eigenvalue weighted by atomic mass is 10.2. The number of rotatable bonds is 6. The van der Waals surface area contributed by atoms with Gasteiger partial charge in [0.05, 0.1) is 28.6 Å². The van der Waals surface area contributed by atoms with E-state index in [1.165, 1.54) is 54.7 Å². The number of carbonyl (C=O) groups is 2. The van der Waals surface area contributed by atoms with Gasteiger partial charge in [0.1, 0.15) is 6.04 Å². The number of carbonyl (C=O) groups excluding carboxylic acids is 2. The summed E-state index contributed by atoms with van der Waals surface area (Å²) >= 11 is 5.91. The highest BCUT2D eigenvalue weighted by Gasteiger charge is 2.47. The fourth-order valence-corrected chi connectivity index (χ4v) is 5.27. The SMILES string of the molecule is N#Cc1ccc(N2C(=O)CC(N(Cc3cccnc3)S(=O)(=O)c3ccc(Cl)cc3)C2=O)cc1. The van der Waals surface area contributed by atoms with Crippen molar-refractivity contribution in [3.05, 3.63) is 89.2 Å². The number of pyridine rings is 1. The number of anilines is 1. The number of halogens is 1. The molecule has 1 aliphatic heterocycles. The first-order chi connectivity index (χ1) is 15.8. The molecule has 10 heteroatoms. The Balaban J connectivity index is 1.73. The molecule has 0 spiro atoms. The van der Waals surface area contributed by atoms with Gasteiger partial charge in [-0.3, -0.25) is 14.6 Å². The van der Waals surface area contributed by atoms with Crippen LogP contribution in [0.4, 0.5) is 5.69 Å². The van der Waals surface area contributed by atoms with Crippen LogP contribution in [-0.4, -0.2) is 35.6 Å². The number of nitrogens with zero attached hydrogens (tertiary/aromatic N) is 4. The summed E-state index contributed by atoms with van der Waals surface area (Å²) in [5, 5.41) is 9.35. The molecule has 2 aromatic carbocycles. The van der Waals surface area contributed by atoms with Crippen LogP contribution in [0.1, 0.15) is 17.5 Å². The second-order valence-corrected chi connectivity index (χ2v) is 9.64. The zero-order chi connectivity index (χ0) is 23.6. The number of nitriles is 1. The van der Waals surface area contributed by atoms with Crippen LogP contribution in [0.3, 0.4) is 0 Å². The predicted molar refractivity (Wildman–Crippen MR) is 120 cm³/mol. The summed E-state index contributed by atoms with van der Waals surface area (Å²) < 4.78 is 28.1. The Labute approximate surface area is 195 Å². The fourth-order valence-electron chi connectivity index (χ4n) is 3.57. The van der Waals surface area contributed by atoms with E-state index >= 15 is 0 Å². The van der Waals surface area contributed by atoms with E-state index in [-0.39, 0.29) is 23.5 Å². The van der Waals surface area contributed by atoms with E-state index < -0.39 is 27.9 Å². The fraction of sp³-hybridized carbons (Fsp3) is 0.130. The Morgan fingerprint density at radius 3 is 2.39 bits per heavy atom. The number of hydrogen-bond acceptors (Lipinski definition) is 6. The van der Waals surface area contributed by atoms with Crippen LogP contribution in [0.25, 0.3) is 0 Å². The van der Waals surface area contributed by atoms with Crippen LogP contribution in [0.2, 0.25) is 5.02 Å². The van der Waals surface area contributed by atoms with Gasteiger partial charge in [0.25, 0.3) is 5.91 Å². The molecule has 0 N–H and O–H groups in total. The van der Waals surface area contributed by atoms with Gasteiger partial charge in [0, 0.05) is 24.0 Å². The molecule has 1 atom stereocenters. The Morgan fingerprint density at radius 1 is 1.09 bits per heavy atom. The van der Waals surface area contributed by atoms with Gasteiger partial charge in [-0.05, 0) is 60.2 Å². The molecule has 1 fully saturated rings. The highest BCUT2D eigenvalue weighted by molar-refractivity contribution is 7.89. The number of amides is 2. The van der Waals surface area contributed by atoms with Gasteiger partial charge >= 0.3 is 0 Å². The average molecular weight is 481 g/mol. The first kappa shape index (κ1) is 22.6. The van der Waals surface area contributed by atoms with E-state index in [4.69, 9.17) is 16.9 Å². The smallest absolute Gasteiger partial charge is 0.252 e. The predicted octanol–water partition coefficient (Wildman–Crippen LogP) is 3.13. The van der Waals surface area contributed by atoms with Crippen LogP contribution in [-0.2, 0) is 26.2 Å². The zero-order valence-electron chi connectivity index (χ0n) is 17.1. The van der Waals surface area contributed by atoms with Crippen LogP contribution < -0.4 is 4.90 Å². The van der Waals surface area contributed by atoms with Gasteiger partial charge in [0.2, 0.25) is 15.9 Å². The largest absolute Gasteiger partial charge is 0.274 e. The average Bonchev–Trinajstić information content (AvgIpc) is 3.11. The number of imide groups is 1. The van der Waals surface area contributed by atoms with Gasteiger partial charge in [0.15, 0.2) is 0 Å². The minimum absolute atomic E-state index is 0.0483. The highest BCUT2D eigenvalue weighted by Crippen LogP contribution is 2.31. The van der Waals surface area contributed by atoms with E-state index in [0.717, 1.165) is 9.21 Å². The zero-order valence-corrected chi connectivity index (χ0v) is 18.7. The monoisotopic (exact) mass is 480 g/mol. The topological polar surface area (TPSA) is 111 Å². The lowest BCUT2D eigenvalue weighted by molar-refractivity contribution is -0.122.